The minimum absolute atomic E-state index is 0.101. The maximum Gasteiger partial charge on any atom is 0.270 e. The molecule has 3 N–H and O–H groups in total. The summed E-state index contributed by atoms with van der Waals surface area (Å²) < 4.78 is 17.4. The predicted molar refractivity (Wildman–Crippen MR) is 146 cm³/mol. The van der Waals surface area contributed by atoms with Gasteiger partial charge in [-0.1, -0.05) is 43.2 Å². The first-order valence-electron chi connectivity index (χ1n) is 13.0. The number of aromatic hydroxyl groups is 1. The van der Waals surface area contributed by atoms with Crippen LogP contribution in [0, 0.1) is 5.82 Å². The predicted octanol–water partition coefficient (Wildman–Crippen LogP) is 4.79. The van der Waals surface area contributed by atoms with E-state index in [-0.39, 0.29) is 23.0 Å². The molecule has 1 fully saturated rings. The first-order valence-corrected chi connectivity index (χ1v) is 13.0. The molecule has 9 nitrogen and oxygen atoms in total. The van der Waals surface area contributed by atoms with Gasteiger partial charge < -0.3 is 10.8 Å². The molecular formula is C29H28FN7O2. The van der Waals surface area contributed by atoms with Gasteiger partial charge in [-0.05, 0) is 43.4 Å². The molecule has 5 aromatic rings. The van der Waals surface area contributed by atoms with Crippen molar-refractivity contribution in [2.75, 3.05) is 5.73 Å². The highest BCUT2D eigenvalue weighted by molar-refractivity contribution is 5.98. The number of nitrogens with two attached hydrogens (primary N) is 1. The average Bonchev–Trinajstić information content (AvgIpc) is 3.59. The molecule has 39 heavy (non-hydrogen) atoms. The molecule has 0 radical (unpaired) electrons. The van der Waals surface area contributed by atoms with Crippen LogP contribution in [0.4, 0.5) is 10.2 Å². The van der Waals surface area contributed by atoms with Crippen LogP contribution >= 0.6 is 0 Å². The highest BCUT2D eigenvalue weighted by Gasteiger charge is 2.29. The molecule has 3 aromatic heterocycles. The second kappa shape index (κ2) is 9.94. The second-order valence-corrected chi connectivity index (χ2v) is 10.1. The van der Waals surface area contributed by atoms with E-state index in [1.54, 1.807) is 10.9 Å². The number of aromatic nitrogens is 6. The first-order chi connectivity index (χ1) is 18.9. The van der Waals surface area contributed by atoms with Crippen LogP contribution in [0.5, 0.6) is 5.75 Å². The molecule has 1 saturated carbocycles. The molecule has 6 rings (SSSR count). The Hall–Kier alpha value is -4.60. The summed E-state index contributed by atoms with van der Waals surface area (Å²) in [6.07, 6.45) is 7.12. The van der Waals surface area contributed by atoms with Crippen LogP contribution in [0.25, 0.3) is 22.3 Å². The summed E-state index contributed by atoms with van der Waals surface area (Å²) in [4.78, 5) is 22.5. The van der Waals surface area contributed by atoms with E-state index >= 15 is 0 Å². The zero-order valence-electron chi connectivity index (χ0n) is 21.5. The molecule has 1 atom stereocenters. The number of anilines is 1. The normalized spacial score (nSPS) is 14.7. The highest BCUT2D eigenvalue weighted by atomic mass is 19.1. The van der Waals surface area contributed by atoms with Crippen molar-refractivity contribution in [3.63, 3.8) is 0 Å². The summed E-state index contributed by atoms with van der Waals surface area (Å²) in [6, 6.07) is 13.1. The van der Waals surface area contributed by atoms with E-state index in [2.05, 4.69) is 15.1 Å². The highest BCUT2D eigenvalue weighted by Crippen LogP contribution is 2.38. The summed E-state index contributed by atoms with van der Waals surface area (Å²) in [5.41, 5.74) is 9.80. The first kappa shape index (κ1) is 24.7. The molecule has 1 aliphatic rings. The summed E-state index contributed by atoms with van der Waals surface area (Å²) in [5.74, 6) is -0.525. The molecule has 2 aromatic carbocycles. The van der Waals surface area contributed by atoms with Crippen LogP contribution in [-0.2, 0) is 6.54 Å². The van der Waals surface area contributed by atoms with Gasteiger partial charge in [0.2, 0.25) is 0 Å². The Bertz CT molecular complexity index is 1710. The number of hydrogen-bond acceptors (Lipinski definition) is 7. The van der Waals surface area contributed by atoms with Crippen LogP contribution in [-0.4, -0.2) is 34.6 Å². The van der Waals surface area contributed by atoms with Gasteiger partial charge in [0.1, 0.15) is 29.4 Å². The van der Waals surface area contributed by atoms with Gasteiger partial charge in [0.25, 0.3) is 5.56 Å². The van der Waals surface area contributed by atoms with Crippen LogP contribution < -0.4 is 11.3 Å². The van der Waals surface area contributed by atoms with E-state index < -0.39 is 11.9 Å². The third-order valence-corrected chi connectivity index (χ3v) is 7.54. The number of phenols is 1. The van der Waals surface area contributed by atoms with E-state index in [1.165, 1.54) is 23.1 Å². The topological polar surface area (TPSA) is 125 Å². The number of hydrogen-bond donors (Lipinski definition) is 2. The minimum Gasteiger partial charge on any atom is -0.508 e. The Labute approximate surface area is 223 Å². The SMILES string of the molecule is CC(c1cnn(Cc2ccccc2)c(=O)c1C1CCCC1)n1nc(-c2cc(O)cc(F)c2)c2c(N)ncnc21. The Morgan fingerprint density at radius 3 is 2.64 bits per heavy atom. The van der Waals surface area contributed by atoms with Gasteiger partial charge in [0.15, 0.2) is 5.65 Å². The summed E-state index contributed by atoms with van der Waals surface area (Å²) in [6.45, 7) is 2.32. The van der Waals surface area contributed by atoms with Crippen LogP contribution in [0.3, 0.4) is 0 Å². The Morgan fingerprint density at radius 2 is 1.90 bits per heavy atom. The van der Waals surface area contributed by atoms with E-state index in [0.29, 0.717) is 28.8 Å². The molecule has 0 bridgehead atoms. The zero-order valence-corrected chi connectivity index (χ0v) is 21.5. The van der Waals surface area contributed by atoms with Crippen molar-refractivity contribution < 1.29 is 9.50 Å². The average molecular weight is 526 g/mol. The lowest BCUT2D eigenvalue weighted by Gasteiger charge is -2.21. The number of fused-ring (bicyclic) bond motifs is 1. The van der Waals surface area contributed by atoms with E-state index in [0.717, 1.165) is 48.4 Å². The van der Waals surface area contributed by atoms with Crippen molar-refractivity contribution >= 4 is 16.9 Å². The zero-order chi connectivity index (χ0) is 27.1. The lowest BCUT2D eigenvalue weighted by molar-refractivity contribution is 0.469. The van der Waals surface area contributed by atoms with Crippen LogP contribution in [0.2, 0.25) is 0 Å². The quantitative estimate of drug-likeness (QED) is 0.326. The lowest BCUT2D eigenvalue weighted by atomic mass is 9.92. The standard InChI is InChI=1S/C29H28FN7O2/c1-17(37-28-25(27(31)32-16-33-28)26(35-37)20-11-21(30)13-22(38)12-20)23-14-34-36(15-18-7-3-2-4-8-18)29(39)24(23)19-9-5-6-10-19/h2-4,7-8,11-14,16-17,19,38H,5-6,9-10,15H2,1H3,(H2,31,32,33). The fourth-order valence-electron chi connectivity index (χ4n) is 5.65. The molecule has 3 heterocycles. The van der Waals surface area contributed by atoms with Gasteiger partial charge in [-0.25, -0.2) is 23.7 Å². The largest absolute Gasteiger partial charge is 0.508 e. The number of rotatable bonds is 6. The maximum absolute atomic E-state index is 14.2. The molecule has 0 amide bonds. The van der Waals surface area contributed by atoms with Crippen molar-refractivity contribution in [2.24, 2.45) is 0 Å². The number of nitrogens with zero attached hydrogens (tertiary/aromatic N) is 6. The lowest BCUT2D eigenvalue weighted by Crippen LogP contribution is -2.31. The van der Waals surface area contributed by atoms with Crippen molar-refractivity contribution in [1.29, 1.82) is 0 Å². The van der Waals surface area contributed by atoms with Gasteiger partial charge >= 0.3 is 0 Å². The van der Waals surface area contributed by atoms with Gasteiger partial charge in [-0.2, -0.15) is 10.2 Å². The molecule has 1 aliphatic carbocycles. The third-order valence-electron chi connectivity index (χ3n) is 7.54. The number of nitrogen functional groups attached to an aromatic ring is 1. The second-order valence-electron chi connectivity index (χ2n) is 10.1. The van der Waals surface area contributed by atoms with Crippen LogP contribution in [0.1, 0.15) is 61.3 Å². The van der Waals surface area contributed by atoms with E-state index in [1.807, 2.05) is 37.3 Å². The monoisotopic (exact) mass is 525 g/mol. The molecular weight excluding hydrogens is 497 g/mol. The van der Waals surface area contributed by atoms with Crippen molar-refractivity contribution in [1.82, 2.24) is 29.5 Å². The van der Waals surface area contributed by atoms with Gasteiger partial charge in [-0.3, -0.25) is 4.79 Å². The molecule has 10 heteroatoms. The van der Waals surface area contributed by atoms with E-state index in [9.17, 15) is 14.3 Å². The summed E-state index contributed by atoms with van der Waals surface area (Å²) in [5, 5.41) is 19.8. The van der Waals surface area contributed by atoms with Gasteiger partial charge in [-0.15, -0.1) is 0 Å². The van der Waals surface area contributed by atoms with Gasteiger partial charge in [0, 0.05) is 22.8 Å². The van der Waals surface area contributed by atoms with Gasteiger partial charge in [0.05, 0.1) is 24.2 Å². The summed E-state index contributed by atoms with van der Waals surface area (Å²) >= 11 is 0. The molecule has 1 unspecified atom stereocenters. The molecule has 0 saturated heterocycles. The fourth-order valence-corrected chi connectivity index (χ4v) is 5.65. The Morgan fingerprint density at radius 1 is 1.13 bits per heavy atom. The van der Waals surface area contributed by atoms with Crippen LogP contribution in [0.15, 0.2) is 65.8 Å². The Kier molecular flexibility index (Phi) is 6.30. The van der Waals surface area contributed by atoms with Crippen molar-refractivity contribution in [3.05, 3.63) is 93.9 Å². The molecule has 198 valence electrons. The maximum atomic E-state index is 14.2. The fraction of sp³-hybridized carbons (Fsp3) is 0.276. The Balaban J connectivity index is 1.51. The summed E-state index contributed by atoms with van der Waals surface area (Å²) in [7, 11) is 0. The number of halogens is 1. The number of benzene rings is 2. The molecule has 0 spiro atoms. The van der Waals surface area contributed by atoms with Crippen molar-refractivity contribution in [2.45, 2.75) is 51.1 Å². The smallest absolute Gasteiger partial charge is 0.270 e. The number of phenolic OH excluding ortho intramolecular Hbond substituents is 1. The van der Waals surface area contributed by atoms with E-state index in [4.69, 9.17) is 10.8 Å². The minimum atomic E-state index is -0.606. The molecule has 0 aliphatic heterocycles. The third kappa shape index (κ3) is 4.52. The van der Waals surface area contributed by atoms with Crippen molar-refractivity contribution in [3.8, 4) is 17.0 Å².